The van der Waals surface area contributed by atoms with Crippen molar-refractivity contribution in [3.63, 3.8) is 0 Å². The standard InChI is InChI=1S/C17H27N3O3S2.ClH/c1-13-15(9-6-11-18-13)19-17(21)16(10-12-24-2)20-25(22,23)14-7-4-3-5-8-14;/h3-5,7-8,13,15-16,18,20H,6,9-12H2,1-2H3,(H,19,21);1H. The van der Waals surface area contributed by atoms with Crippen LogP contribution in [0.3, 0.4) is 0 Å². The zero-order valence-electron chi connectivity index (χ0n) is 15.1. The molecule has 1 fully saturated rings. The summed E-state index contributed by atoms with van der Waals surface area (Å²) in [7, 11) is -3.72. The molecule has 1 aliphatic rings. The van der Waals surface area contributed by atoms with E-state index in [9.17, 15) is 13.2 Å². The highest BCUT2D eigenvalue weighted by molar-refractivity contribution is 7.98. The number of rotatable bonds is 8. The molecule has 1 heterocycles. The molecule has 1 saturated heterocycles. The van der Waals surface area contributed by atoms with Gasteiger partial charge in [0.15, 0.2) is 0 Å². The first-order valence-corrected chi connectivity index (χ1v) is 11.4. The molecule has 3 unspecified atom stereocenters. The molecule has 1 amide bonds. The molecule has 1 aliphatic heterocycles. The zero-order chi connectivity index (χ0) is 18.3. The summed E-state index contributed by atoms with van der Waals surface area (Å²) in [6, 6.07) is 7.59. The quantitative estimate of drug-likeness (QED) is 0.595. The van der Waals surface area contributed by atoms with Crippen molar-refractivity contribution in [2.75, 3.05) is 18.6 Å². The lowest BCUT2D eigenvalue weighted by atomic mass is 9.99. The second-order valence-electron chi connectivity index (χ2n) is 6.27. The van der Waals surface area contributed by atoms with Gasteiger partial charge in [-0.3, -0.25) is 4.79 Å². The number of carbonyl (C=O) groups excluding carboxylic acids is 1. The van der Waals surface area contributed by atoms with Gasteiger partial charge in [-0.2, -0.15) is 16.5 Å². The number of thioether (sulfide) groups is 1. The lowest BCUT2D eigenvalue weighted by Crippen LogP contribution is -2.56. The van der Waals surface area contributed by atoms with E-state index in [1.54, 1.807) is 30.0 Å². The number of nitrogens with one attached hydrogen (secondary N) is 3. The Morgan fingerprint density at radius 2 is 2.04 bits per heavy atom. The summed E-state index contributed by atoms with van der Waals surface area (Å²) in [5.74, 6) is 0.447. The van der Waals surface area contributed by atoms with Crippen molar-refractivity contribution >= 4 is 40.1 Å². The maximum atomic E-state index is 12.7. The summed E-state index contributed by atoms with van der Waals surface area (Å²) in [5, 5.41) is 6.35. The molecule has 9 heteroatoms. The summed E-state index contributed by atoms with van der Waals surface area (Å²) in [6.07, 6.45) is 4.29. The average molecular weight is 422 g/mol. The van der Waals surface area contributed by atoms with Crippen molar-refractivity contribution in [3.8, 4) is 0 Å². The van der Waals surface area contributed by atoms with Gasteiger partial charge in [0.05, 0.1) is 4.90 Å². The van der Waals surface area contributed by atoms with Crippen molar-refractivity contribution < 1.29 is 13.2 Å². The first kappa shape index (κ1) is 23.2. The molecule has 0 saturated carbocycles. The molecule has 0 bridgehead atoms. The first-order chi connectivity index (χ1) is 11.9. The van der Waals surface area contributed by atoms with Gasteiger partial charge in [-0.1, -0.05) is 18.2 Å². The van der Waals surface area contributed by atoms with E-state index in [-0.39, 0.29) is 35.3 Å². The van der Waals surface area contributed by atoms with Gasteiger partial charge in [-0.25, -0.2) is 8.42 Å². The van der Waals surface area contributed by atoms with Crippen molar-refractivity contribution in [2.24, 2.45) is 0 Å². The lowest BCUT2D eigenvalue weighted by Gasteiger charge is -2.32. The van der Waals surface area contributed by atoms with E-state index in [1.165, 1.54) is 12.1 Å². The van der Waals surface area contributed by atoms with Crippen LogP contribution in [0.1, 0.15) is 26.2 Å². The molecular weight excluding hydrogens is 394 g/mol. The maximum Gasteiger partial charge on any atom is 0.241 e. The van der Waals surface area contributed by atoms with Crippen LogP contribution in [0.4, 0.5) is 0 Å². The Morgan fingerprint density at radius 1 is 1.35 bits per heavy atom. The Morgan fingerprint density at radius 3 is 2.65 bits per heavy atom. The molecule has 0 spiro atoms. The van der Waals surface area contributed by atoms with E-state index < -0.39 is 16.1 Å². The van der Waals surface area contributed by atoms with Gasteiger partial charge in [0, 0.05) is 12.1 Å². The zero-order valence-corrected chi connectivity index (χ0v) is 17.6. The van der Waals surface area contributed by atoms with E-state index in [0.717, 1.165) is 19.4 Å². The monoisotopic (exact) mass is 421 g/mol. The lowest BCUT2D eigenvalue weighted by molar-refractivity contribution is -0.123. The number of hydrogen-bond acceptors (Lipinski definition) is 5. The number of carbonyl (C=O) groups is 1. The Bertz CT molecular complexity index is 658. The minimum atomic E-state index is -3.72. The number of hydrogen-bond donors (Lipinski definition) is 3. The van der Waals surface area contributed by atoms with Gasteiger partial charge in [-0.15, -0.1) is 12.4 Å². The summed E-state index contributed by atoms with van der Waals surface area (Å²) >= 11 is 1.59. The molecule has 148 valence electrons. The average Bonchev–Trinajstić information content (AvgIpc) is 2.61. The Labute approximate surface area is 166 Å². The maximum absolute atomic E-state index is 12.7. The van der Waals surface area contributed by atoms with Crippen LogP contribution in [-0.4, -0.2) is 51.0 Å². The summed E-state index contributed by atoms with van der Waals surface area (Å²) in [4.78, 5) is 12.9. The molecule has 3 atom stereocenters. The Balaban J connectivity index is 0.00000338. The summed E-state index contributed by atoms with van der Waals surface area (Å²) < 4.78 is 27.7. The molecular formula is C17H28ClN3O3S2. The van der Waals surface area contributed by atoms with Crippen molar-refractivity contribution in [1.29, 1.82) is 0 Å². The third-order valence-corrected chi connectivity index (χ3v) is 6.50. The first-order valence-electron chi connectivity index (χ1n) is 8.54. The predicted molar refractivity (Wildman–Crippen MR) is 109 cm³/mol. The summed E-state index contributed by atoms with van der Waals surface area (Å²) in [6.45, 7) is 2.99. The molecule has 3 N–H and O–H groups in total. The number of benzene rings is 1. The highest BCUT2D eigenvalue weighted by Gasteiger charge is 2.29. The normalized spacial score (nSPS) is 21.5. The van der Waals surface area contributed by atoms with E-state index in [0.29, 0.717) is 12.2 Å². The van der Waals surface area contributed by atoms with Gasteiger partial charge < -0.3 is 10.6 Å². The van der Waals surface area contributed by atoms with Gasteiger partial charge in [-0.05, 0) is 56.9 Å². The molecule has 1 aromatic carbocycles. The smallest absolute Gasteiger partial charge is 0.241 e. The third kappa shape index (κ3) is 6.74. The van der Waals surface area contributed by atoms with Crippen LogP contribution in [0.15, 0.2) is 35.2 Å². The van der Waals surface area contributed by atoms with Crippen LogP contribution in [0.5, 0.6) is 0 Å². The third-order valence-electron chi connectivity index (χ3n) is 4.37. The number of piperidine rings is 1. The van der Waals surface area contributed by atoms with Gasteiger partial charge in [0.2, 0.25) is 15.9 Å². The van der Waals surface area contributed by atoms with Crippen LogP contribution in [-0.2, 0) is 14.8 Å². The topological polar surface area (TPSA) is 87.3 Å². The minimum Gasteiger partial charge on any atom is -0.350 e. The molecule has 26 heavy (non-hydrogen) atoms. The van der Waals surface area contributed by atoms with Crippen molar-refractivity contribution in [3.05, 3.63) is 30.3 Å². The molecule has 1 aromatic rings. The van der Waals surface area contributed by atoms with E-state index in [1.807, 2.05) is 13.2 Å². The van der Waals surface area contributed by atoms with Gasteiger partial charge in [0.25, 0.3) is 0 Å². The highest BCUT2D eigenvalue weighted by Crippen LogP contribution is 2.12. The Kier molecular flexibility index (Phi) is 9.95. The van der Waals surface area contributed by atoms with Gasteiger partial charge in [0.1, 0.15) is 6.04 Å². The summed E-state index contributed by atoms with van der Waals surface area (Å²) in [5.41, 5.74) is 0. The van der Waals surface area contributed by atoms with E-state index in [4.69, 9.17) is 0 Å². The molecule has 6 nitrogen and oxygen atoms in total. The fraction of sp³-hybridized carbons (Fsp3) is 0.588. The van der Waals surface area contributed by atoms with Crippen LogP contribution in [0, 0.1) is 0 Å². The largest absolute Gasteiger partial charge is 0.350 e. The van der Waals surface area contributed by atoms with Crippen LogP contribution < -0.4 is 15.4 Å². The minimum absolute atomic E-state index is 0. The van der Waals surface area contributed by atoms with Gasteiger partial charge >= 0.3 is 0 Å². The predicted octanol–water partition coefficient (Wildman–Crippen LogP) is 1.77. The SMILES string of the molecule is CSCCC(NS(=O)(=O)c1ccccc1)C(=O)NC1CCCNC1C.Cl. The molecule has 0 aromatic heterocycles. The molecule has 2 rings (SSSR count). The van der Waals surface area contributed by atoms with Crippen molar-refractivity contribution in [1.82, 2.24) is 15.4 Å². The second-order valence-corrected chi connectivity index (χ2v) is 8.97. The molecule has 0 radical (unpaired) electrons. The number of sulfonamides is 1. The fourth-order valence-electron chi connectivity index (χ4n) is 2.86. The van der Waals surface area contributed by atoms with Crippen molar-refractivity contribution in [2.45, 2.75) is 49.2 Å². The van der Waals surface area contributed by atoms with Crippen LogP contribution in [0.25, 0.3) is 0 Å². The van der Waals surface area contributed by atoms with E-state index in [2.05, 4.69) is 15.4 Å². The van der Waals surface area contributed by atoms with Crippen LogP contribution in [0.2, 0.25) is 0 Å². The highest BCUT2D eigenvalue weighted by atomic mass is 35.5. The number of halogens is 1. The molecule has 0 aliphatic carbocycles. The Hall–Kier alpha value is -0.800. The van der Waals surface area contributed by atoms with E-state index >= 15 is 0 Å². The second kappa shape index (κ2) is 11.1. The number of amides is 1. The fourth-order valence-corrected chi connectivity index (χ4v) is 4.58. The van der Waals surface area contributed by atoms with Crippen LogP contribution >= 0.6 is 24.2 Å².